The first kappa shape index (κ1) is 6.11. The smallest absolute Gasteiger partial charge is 0.130 e. The maximum atomic E-state index is 4.92. The van der Waals surface area contributed by atoms with Crippen LogP contribution in [0.1, 0.15) is 0 Å². The van der Waals surface area contributed by atoms with E-state index in [9.17, 15) is 0 Å². The lowest BCUT2D eigenvalue weighted by atomic mass is 10.6. The van der Waals surface area contributed by atoms with Gasteiger partial charge >= 0.3 is 0 Å². The highest BCUT2D eigenvalue weighted by atomic mass is 79.9. The lowest BCUT2D eigenvalue weighted by molar-refractivity contribution is 0.416. The van der Waals surface area contributed by atoms with E-state index in [0.29, 0.717) is 0 Å². The summed E-state index contributed by atoms with van der Waals surface area (Å²) in [5, 5.41) is 1.95. The summed E-state index contributed by atoms with van der Waals surface area (Å²) >= 11 is 4.93. The van der Waals surface area contributed by atoms with Gasteiger partial charge in [0.2, 0.25) is 0 Å². The summed E-state index contributed by atoms with van der Waals surface area (Å²) in [5.41, 5.74) is 0. The van der Waals surface area contributed by atoms with Crippen LogP contribution < -0.4 is 4.74 Å². The van der Waals surface area contributed by atoms with Crippen LogP contribution >= 0.6 is 27.3 Å². The third-order valence-electron chi connectivity index (χ3n) is 0.779. The van der Waals surface area contributed by atoms with E-state index in [-0.39, 0.29) is 0 Å². The number of methoxy groups -OCH3 is 1. The zero-order valence-corrected chi connectivity index (χ0v) is 6.75. The van der Waals surface area contributed by atoms with E-state index < -0.39 is 0 Å². The zero-order chi connectivity index (χ0) is 5.98. The summed E-state index contributed by atoms with van der Waals surface area (Å²) in [6.45, 7) is 0. The van der Waals surface area contributed by atoms with E-state index in [1.165, 1.54) is 0 Å². The lowest BCUT2D eigenvalue weighted by Crippen LogP contribution is -1.74. The Hall–Kier alpha value is -0.0200. The summed E-state index contributed by atoms with van der Waals surface area (Å²) in [7, 11) is 1.66. The number of thiophene rings is 1. The maximum absolute atomic E-state index is 4.92. The molecule has 1 rings (SSSR count). The van der Waals surface area contributed by atoms with Crippen molar-refractivity contribution in [3.63, 3.8) is 0 Å². The fourth-order valence-corrected chi connectivity index (χ4v) is 1.48. The Morgan fingerprint density at radius 3 is 2.75 bits per heavy atom. The van der Waals surface area contributed by atoms with Crippen LogP contribution in [0.25, 0.3) is 0 Å². The molecule has 1 nitrogen and oxygen atoms in total. The Morgan fingerprint density at radius 1 is 1.75 bits per heavy atom. The van der Waals surface area contributed by atoms with Crippen LogP contribution in [-0.2, 0) is 0 Å². The van der Waals surface area contributed by atoms with Crippen molar-refractivity contribution in [3.8, 4) is 5.75 Å². The molecule has 3 heteroatoms. The van der Waals surface area contributed by atoms with E-state index in [2.05, 4.69) is 15.9 Å². The molecule has 0 aromatic carbocycles. The fraction of sp³-hybridized carbons (Fsp3) is 0.200. The molecule has 8 heavy (non-hydrogen) atoms. The standard InChI is InChI=1S/C5H5BrOS/c1-7-4-2-5(6)8-3-4/h2-3H,1H3. The largest absolute Gasteiger partial charge is 0.496 e. The highest BCUT2D eigenvalue weighted by Crippen LogP contribution is 2.25. The molecule has 0 N–H and O–H groups in total. The van der Waals surface area contributed by atoms with Crippen LogP contribution in [0.2, 0.25) is 0 Å². The summed E-state index contributed by atoms with van der Waals surface area (Å²) in [4.78, 5) is 0. The van der Waals surface area contributed by atoms with Gasteiger partial charge in [0, 0.05) is 11.4 Å². The fourth-order valence-electron chi connectivity index (χ4n) is 0.401. The first-order chi connectivity index (χ1) is 3.83. The predicted octanol–water partition coefficient (Wildman–Crippen LogP) is 2.52. The monoisotopic (exact) mass is 192 g/mol. The van der Waals surface area contributed by atoms with Crippen molar-refractivity contribution in [3.05, 3.63) is 15.2 Å². The molecule has 0 saturated heterocycles. The van der Waals surface area contributed by atoms with Crippen molar-refractivity contribution >= 4 is 27.3 Å². The third-order valence-corrected chi connectivity index (χ3v) is 2.26. The molecule has 0 aliphatic rings. The molecule has 1 heterocycles. The van der Waals surface area contributed by atoms with Crippen molar-refractivity contribution in [2.45, 2.75) is 0 Å². The molecule has 0 spiro atoms. The Balaban J connectivity index is 2.84. The predicted molar refractivity (Wildman–Crippen MR) is 38.6 cm³/mol. The van der Waals surface area contributed by atoms with Gasteiger partial charge in [0.05, 0.1) is 10.9 Å². The molecular formula is C5H5BrOS. The third kappa shape index (κ3) is 1.23. The van der Waals surface area contributed by atoms with E-state index in [1.807, 2.05) is 11.4 Å². The molecule has 0 radical (unpaired) electrons. The highest BCUT2D eigenvalue weighted by Gasteiger charge is 1.92. The SMILES string of the molecule is COc1csc(Br)c1. The van der Waals surface area contributed by atoms with Gasteiger partial charge < -0.3 is 4.74 Å². The molecule has 44 valence electrons. The van der Waals surface area contributed by atoms with Crippen molar-refractivity contribution in [1.82, 2.24) is 0 Å². The number of halogens is 1. The first-order valence-corrected chi connectivity index (χ1v) is 3.78. The molecule has 0 aliphatic carbocycles. The molecule has 0 amide bonds. The number of ether oxygens (including phenoxy) is 1. The van der Waals surface area contributed by atoms with Gasteiger partial charge in [0.15, 0.2) is 0 Å². The molecule has 1 aromatic rings. The summed E-state index contributed by atoms with van der Waals surface area (Å²) in [5.74, 6) is 0.918. The summed E-state index contributed by atoms with van der Waals surface area (Å²) < 4.78 is 6.02. The van der Waals surface area contributed by atoms with Crippen LogP contribution in [0, 0.1) is 0 Å². The molecule has 1 aromatic heterocycles. The van der Waals surface area contributed by atoms with Gasteiger partial charge in [-0.1, -0.05) is 0 Å². The molecular weight excluding hydrogens is 188 g/mol. The topological polar surface area (TPSA) is 9.23 Å². The Labute approximate surface area is 60.4 Å². The van der Waals surface area contributed by atoms with Gasteiger partial charge in [0.1, 0.15) is 5.75 Å². The van der Waals surface area contributed by atoms with Crippen LogP contribution in [0.5, 0.6) is 5.75 Å². The molecule has 0 aliphatic heterocycles. The molecule has 0 unspecified atom stereocenters. The molecule has 0 bridgehead atoms. The minimum atomic E-state index is 0.918. The van der Waals surface area contributed by atoms with Gasteiger partial charge in [-0.2, -0.15) is 0 Å². The molecule has 0 fully saturated rings. The van der Waals surface area contributed by atoms with Crippen LogP contribution in [-0.4, -0.2) is 7.11 Å². The minimum Gasteiger partial charge on any atom is -0.496 e. The van der Waals surface area contributed by atoms with Gasteiger partial charge in [-0.3, -0.25) is 0 Å². The van der Waals surface area contributed by atoms with Crippen LogP contribution in [0.15, 0.2) is 15.2 Å². The lowest BCUT2D eigenvalue weighted by Gasteiger charge is -1.87. The second kappa shape index (κ2) is 2.51. The van der Waals surface area contributed by atoms with Crippen molar-refractivity contribution in [1.29, 1.82) is 0 Å². The average molecular weight is 193 g/mol. The number of hydrogen-bond donors (Lipinski definition) is 0. The van der Waals surface area contributed by atoms with E-state index >= 15 is 0 Å². The molecule has 0 saturated carbocycles. The van der Waals surface area contributed by atoms with Crippen molar-refractivity contribution < 1.29 is 4.74 Å². The van der Waals surface area contributed by atoms with Gasteiger partial charge in [-0.15, -0.1) is 11.3 Å². The van der Waals surface area contributed by atoms with Crippen molar-refractivity contribution in [2.75, 3.05) is 7.11 Å². The second-order valence-corrected chi connectivity index (χ2v) is 3.58. The minimum absolute atomic E-state index is 0.918. The highest BCUT2D eigenvalue weighted by molar-refractivity contribution is 9.11. The number of rotatable bonds is 1. The van der Waals surface area contributed by atoms with Crippen LogP contribution in [0.3, 0.4) is 0 Å². The summed E-state index contributed by atoms with van der Waals surface area (Å²) in [6.07, 6.45) is 0. The van der Waals surface area contributed by atoms with Crippen molar-refractivity contribution in [2.24, 2.45) is 0 Å². The quantitative estimate of drug-likeness (QED) is 0.665. The Bertz CT molecular complexity index is 173. The first-order valence-electron chi connectivity index (χ1n) is 2.11. The summed E-state index contributed by atoms with van der Waals surface area (Å²) in [6, 6.07) is 1.94. The average Bonchev–Trinajstić information content (AvgIpc) is 2.14. The Kier molecular flexibility index (Phi) is 1.91. The zero-order valence-electron chi connectivity index (χ0n) is 4.35. The normalized spacial score (nSPS) is 9.25. The van der Waals surface area contributed by atoms with Gasteiger partial charge in [-0.25, -0.2) is 0 Å². The molecule has 0 atom stereocenters. The maximum Gasteiger partial charge on any atom is 0.130 e. The van der Waals surface area contributed by atoms with E-state index in [0.717, 1.165) is 9.54 Å². The second-order valence-electron chi connectivity index (χ2n) is 1.29. The van der Waals surface area contributed by atoms with Gasteiger partial charge in [0.25, 0.3) is 0 Å². The number of hydrogen-bond acceptors (Lipinski definition) is 2. The van der Waals surface area contributed by atoms with Gasteiger partial charge in [-0.05, 0) is 15.9 Å². The van der Waals surface area contributed by atoms with E-state index in [4.69, 9.17) is 4.74 Å². The Morgan fingerprint density at radius 2 is 2.50 bits per heavy atom. The van der Waals surface area contributed by atoms with E-state index in [1.54, 1.807) is 18.4 Å². The van der Waals surface area contributed by atoms with Crippen LogP contribution in [0.4, 0.5) is 0 Å².